The van der Waals surface area contributed by atoms with Crippen LogP contribution < -0.4 is 19.5 Å². The summed E-state index contributed by atoms with van der Waals surface area (Å²) in [6, 6.07) is 4.04. The van der Waals surface area contributed by atoms with E-state index in [0.717, 1.165) is 50.9 Å². The fourth-order valence-electron chi connectivity index (χ4n) is 4.43. The number of hydrogen-bond donors (Lipinski definition) is 1. The van der Waals surface area contributed by atoms with Crippen LogP contribution in [0.4, 0.5) is 0 Å². The highest BCUT2D eigenvalue weighted by molar-refractivity contribution is 5.77. The van der Waals surface area contributed by atoms with Crippen molar-refractivity contribution in [2.75, 3.05) is 41.0 Å². The molecule has 0 saturated carbocycles. The fourth-order valence-corrected chi connectivity index (χ4v) is 4.43. The lowest BCUT2D eigenvalue weighted by Crippen LogP contribution is -2.45. The van der Waals surface area contributed by atoms with Crippen molar-refractivity contribution in [2.45, 2.75) is 57.8 Å². The van der Waals surface area contributed by atoms with Gasteiger partial charge in [0.2, 0.25) is 11.7 Å². The summed E-state index contributed by atoms with van der Waals surface area (Å²) in [6.07, 6.45) is 4.27. The lowest BCUT2D eigenvalue weighted by atomic mass is 9.88. The van der Waals surface area contributed by atoms with Gasteiger partial charge < -0.3 is 24.3 Å². The van der Waals surface area contributed by atoms with E-state index in [0.29, 0.717) is 23.8 Å². The zero-order chi connectivity index (χ0) is 21.7. The summed E-state index contributed by atoms with van der Waals surface area (Å²) in [6.45, 7) is 7.25. The molecule has 1 N–H and O–H groups in total. The van der Waals surface area contributed by atoms with Gasteiger partial charge in [0.15, 0.2) is 11.5 Å². The number of ether oxygens (including phenoxy) is 4. The molecule has 168 valence electrons. The molecule has 1 spiro atoms. The predicted molar refractivity (Wildman–Crippen MR) is 115 cm³/mol. The fraction of sp³-hybridized carbons (Fsp3) is 0.696. The average molecular weight is 421 g/mol. The van der Waals surface area contributed by atoms with Crippen LogP contribution in [0.1, 0.15) is 45.1 Å². The lowest BCUT2D eigenvalue weighted by Gasteiger charge is -2.39. The molecule has 1 atom stereocenters. The molecule has 0 aliphatic carbocycles. The quantitative estimate of drug-likeness (QED) is 0.697. The normalized spacial score (nSPS) is 21.1. The van der Waals surface area contributed by atoms with Crippen LogP contribution in [0.25, 0.3) is 0 Å². The summed E-state index contributed by atoms with van der Waals surface area (Å²) in [5.41, 5.74) is 1.11. The Labute approximate surface area is 180 Å². The Morgan fingerprint density at radius 3 is 2.30 bits per heavy atom. The van der Waals surface area contributed by atoms with Crippen molar-refractivity contribution in [3.8, 4) is 17.2 Å². The number of carbonyl (C=O) groups is 1. The second kappa shape index (κ2) is 9.88. The number of hydrogen-bond acceptors (Lipinski definition) is 6. The molecule has 1 aromatic rings. The Hall–Kier alpha value is -1.99. The molecule has 0 radical (unpaired) electrons. The number of benzene rings is 1. The van der Waals surface area contributed by atoms with E-state index in [2.05, 4.69) is 10.2 Å². The van der Waals surface area contributed by atoms with Crippen molar-refractivity contribution < 1.29 is 23.7 Å². The number of methoxy groups -OCH3 is 3. The van der Waals surface area contributed by atoms with Crippen LogP contribution in [0.5, 0.6) is 17.2 Å². The molecule has 0 aromatic heterocycles. The Bertz CT molecular complexity index is 703. The highest BCUT2D eigenvalue weighted by Gasteiger charge is 2.42. The minimum Gasteiger partial charge on any atom is -0.493 e. The van der Waals surface area contributed by atoms with Crippen molar-refractivity contribution in [1.29, 1.82) is 0 Å². The molecule has 30 heavy (non-hydrogen) atoms. The number of rotatable bonds is 8. The van der Waals surface area contributed by atoms with E-state index in [-0.39, 0.29) is 23.5 Å². The van der Waals surface area contributed by atoms with Crippen LogP contribution in [0, 0.1) is 5.92 Å². The van der Waals surface area contributed by atoms with E-state index in [1.165, 1.54) is 0 Å². The number of nitrogens with zero attached hydrogens (tertiary/aromatic N) is 1. The van der Waals surface area contributed by atoms with Crippen LogP contribution >= 0.6 is 0 Å². The van der Waals surface area contributed by atoms with E-state index in [1.54, 1.807) is 21.3 Å². The van der Waals surface area contributed by atoms with Gasteiger partial charge in [-0.15, -0.1) is 0 Å². The molecular weight excluding hydrogens is 384 g/mol. The second-order valence-electron chi connectivity index (χ2n) is 8.67. The zero-order valence-corrected chi connectivity index (χ0v) is 19.0. The Morgan fingerprint density at radius 1 is 1.13 bits per heavy atom. The van der Waals surface area contributed by atoms with Gasteiger partial charge in [-0.05, 0) is 43.4 Å². The molecule has 7 heteroatoms. The first-order valence-electron chi connectivity index (χ1n) is 10.9. The average Bonchev–Trinajstić information content (AvgIpc) is 3.15. The maximum absolute atomic E-state index is 11.8. The number of likely N-dealkylation sites (tertiary alicyclic amines) is 1. The molecule has 1 aromatic carbocycles. The van der Waals surface area contributed by atoms with Crippen LogP contribution in [-0.2, 0) is 16.1 Å². The van der Waals surface area contributed by atoms with Crippen LogP contribution in [0.15, 0.2) is 12.1 Å². The van der Waals surface area contributed by atoms with Crippen LogP contribution in [-0.4, -0.2) is 63.5 Å². The van der Waals surface area contributed by atoms with Crippen LogP contribution in [0.2, 0.25) is 0 Å². The molecule has 2 aliphatic heterocycles. The van der Waals surface area contributed by atoms with E-state index in [4.69, 9.17) is 18.9 Å². The molecule has 2 heterocycles. The molecular formula is C23H36N2O5. The first kappa shape index (κ1) is 22.7. The van der Waals surface area contributed by atoms with Crippen molar-refractivity contribution in [3.05, 3.63) is 17.7 Å². The Kier molecular flexibility index (Phi) is 7.47. The topological polar surface area (TPSA) is 69.3 Å². The van der Waals surface area contributed by atoms with Gasteiger partial charge in [-0.25, -0.2) is 0 Å². The van der Waals surface area contributed by atoms with Crippen molar-refractivity contribution in [3.63, 3.8) is 0 Å². The summed E-state index contributed by atoms with van der Waals surface area (Å²) in [5, 5.41) is 3.01. The van der Waals surface area contributed by atoms with Crippen molar-refractivity contribution in [1.82, 2.24) is 10.2 Å². The maximum atomic E-state index is 11.8. The summed E-state index contributed by atoms with van der Waals surface area (Å²) in [4.78, 5) is 14.3. The van der Waals surface area contributed by atoms with Crippen molar-refractivity contribution in [2.24, 2.45) is 5.92 Å². The molecule has 0 bridgehead atoms. The summed E-state index contributed by atoms with van der Waals surface area (Å²) in [5.74, 6) is 2.10. The van der Waals surface area contributed by atoms with Gasteiger partial charge in [-0.3, -0.25) is 9.69 Å². The van der Waals surface area contributed by atoms with Crippen LogP contribution in [0.3, 0.4) is 0 Å². The third-order valence-electron chi connectivity index (χ3n) is 6.26. The van der Waals surface area contributed by atoms with E-state index in [1.807, 2.05) is 26.0 Å². The molecule has 2 saturated heterocycles. The third-order valence-corrected chi connectivity index (χ3v) is 6.26. The SMILES string of the molecule is COc1cc(CN2CCC3(CC[C@@H](CNC(=O)C(C)C)O3)CC2)cc(OC)c1OC. The number of nitrogens with one attached hydrogen (secondary N) is 1. The standard InChI is InChI=1S/C23H36N2O5/c1-16(2)22(26)24-14-18-6-7-23(30-18)8-10-25(11-9-23)15-17-12-19(27-3)21(29-5)20(13-17)28-4/h12-13,16,18H,6-11,14-15H2,1-5H3,(H,24,26)/t18-/m0/s1. The number of piperidine rings is 1. The zero-order valence-electron chi connectivity index (χ0n) is 19.0. The lowest BCUT2D eigenvalue weighted by molar-refractivity contribution is -0.125. The van der Waals surface area contributed by atoms with E-state index < -0.39 is 0 Å². The first-order valence-corrected chi connectivity index (χ1v) is 10.9. The molecule has 7 nitrogen and oxygen atoms in total. The van der Waals surface area contributed by atoms with Gasteiger partial charge in [-0.2, -0.15) is 0 Å². The largest absolute Gasteiger partial charge is 0.493 e. The molecule has 3 rings (SSSR count). The highest BCUT2D eigenvalue weighted by atomic mass is 16.5. The predicted octanol–water partition coefficient (Wildman–Crippen LogP) is 3.00. The second-order valence-corrected chi connectivity index (χ2v) is 8.67. The summed E-state index contributed by atoms with van der Waals surface area (Å²) >= 11 is 0. The van der Waals surface area contributed by atoms with E-state index in [9.17, 15) is 4.79 Å². The van der Waals surface area contributed by atoms with Gasteiger partial charge in [0.05, 0.1) is 33.0 Å². The summed E-state index contributed by atoms with van der Waals surface area (Å²) < 4.78 is 22.8. The maximum Gasteiger partial charge on any atom is 0.222 e. The molecule has 1 amide bonds. The van der Waals surface area contributed by atoms with Crippen molar-refractivity contribution >= 4 is 5.91 Å². The molecule has 0 unspecified atom stereocenters. The minimum absolute atomic E-state index is 0.0128. The Morgan fingerprint density at radius 2 is 1.77 bits per heavy atom. The van der Waals surface area contributed by atoms with E-state index >= 15 is 0 Å². The monoisotopic (exact) mass is 420 g/mol. The highest BCUT2D eigenvalue weighted by Crippen LogP contribution is 2.41. The van der Waals surface area contributed by atoms with Gasteiger partial charge in [-0.1, -0.05) is 13.8 Å². The summed E-state index contributed by atoms with van der Waals surface area (Å²) in [7, 11) is 4.90. The molecule has 2 aliphatic rings. The smallest absolute Gasteiger partial charge is 0.222 e. The first-order chi connectivity index (χ1) is 14.4. The molecule has 2 fully saturated rings. The number of carbonyl (C=O) groups excluding carboxylic acids is 1. The number of amides is 1. The van der Waals surface area contributed by atoms with Gasteiger partial charge in [0.25, 0.3) is 0 Å². The van der Waals surface area contributed by atoms with Gasteiger partial charge in [0, 0.05) is 32.1 Å². The van der Waals surface area contributed by atoms with Gasteiger partial charge >= 0.3 is 0 Å². The minimum atomic E-state index is -0.0288. The van der Waals surface area contributed by atoms with Gasteiger partial charge in [0.1, 0.15) is 0 Å². The Balaban J connectivity index is 1.53. The third kappa shape index (κ3) is 5.19.